The minimum absolute atomic E-state index is 0.0330. The molecular weight excluding hydrogens is 238 g/mol. The van der Waals surface area contributed by atoms with E-state index in [-0.39, 0.29) is 18.6 Å². The molecule has 1 amide bonds. The van der Waals surface area contributed by atoms with Crippen molar-refractivity contribution in [3.63, 3.8) is 0 Å². The SMILES string of the molecule is Cc1cc(Cl)cc(C(=O)N2CCC[C@H]2CO)c1. The molecule has 4 heteroatoms. The van der Waals surface area contributed by atoms with E-state index >= 15 is 0 Å². The summed E-state index contributed by atoms with van der Waals surface area (Å²) in [6, 6.07) is 5.30. The highest BCUT2D eigenvalue weighted by Crippen LogP contribution is 2.22. The first-order valence-corrected chi connectivity index (χ1v) is 6.18. The Balaban J connectivity index is 2.24. The summed E-state index contributed by atoms with van der Waals surface area (Å²) < 4.78 is 0. The number of aliphatic hydroxyl groups excluding tert-OH is 1. The normalized spacial score (nSPS) is 19.7. The summed E-state index contributed by atoms with van der Waals surface area (Å²) in [4.78, 5) is 14.0. The molecule has 1 atom stereocenters. The van der Waals surface area contributed by atoms with Crippen LogP contribution in [-0.2, 0) is 0 Å². The largest absolute Gasteiger partial charge is 0.394 e. The Bertz CT molecular complexity index is 413. The molecule has 1 N–H and O–H groups in total. The highest BCUT2D eigenvalue weighted by molar-refractivity contribution is 6.31. The van der Waals surface area contributed by atoms with Crippen LogP contribution in [0.2, 0.25) is 5.02 Å². The summed E-state index contributed by atoms with van der Waals surface area (Å²) in [6.07, 6.45) is 1.83. The maximum Gasteiger partial charge on any atom is 0.254 e. The molecule has 2 rings (SSSR count). The molecule has 0 aromatic heterocycles. The van der Waals surface area contributed by atoms with Crippen molar-refractivity contribution in [3.05, 3.63) is 34.3 Å². The number of hydrogen-bond donors (Lipinski definition) is 1. The number of rotatable bonds is 2. The van der Waals surface area contributed by atoms with Crippen LogP contribution >= 0.6 is 11.6 Å². The van der Waals surface area contributed by atoms with Gasteiger partial charge in [0.05, 0.1) is 12.6 Å². The molecule has 0 unspecified atom stereocenters. The first-order chi connectivity index (χ1) is 8.11. The van der Waals surface area contributed by atoms with Gasteiger partial charge in [-0.1, -0.05) is 11.6 Å². The average molecular weight is 254 g/mol. The predicted molar refractivity (Wildman–Crippen MR) is 67.3 cm³/mol. The molecule has 0 radical (unpaired) electrons. The fourth-order valence-electron chi connectivity index (χ4n) is 2.32. The number of halogens is 1. The fourth-order valence-corrected chi connectivity index (χ4v) is 2.61. The van der Waals surface area contributed by atoms with Gasteiger partial charge in [-0.15, -0.1) is 0 Å². The van der Waals surface area contributed by atoms with Crippen molar-refractivity contribution in [1.29, 1.82) is 0 Å². The lowest BCUT2D eigenvalue weighted by Gasteiger charge is -2.23. The van der Waals surface area contributed by atoms with Crippen molar-refractivity contribution in [2.75, 3.05) is 13.2 Å². The molecule has 0 spiro atoms. The lowest BCUT2D eigenvalue weighted by molar-refractivity contribution is 0.0677. The van der Waals surface area contributed by atoms with Gasteiger partial charge in [0.2, 0.25) is 0 Å². The monoisotopic (exact) mass is 253 g/mol. The zero-order valence-electron chi connectivity index (χ0n) is 9.82. The zero-order valence-corrected chi connectivity index (χ0v) is 10.6. The van der Waals surface area contributed by atoms with Gasteiger partial charge in [0.15, 0.2) is 0 Å². The molecule has 1 fully saturated rings. The Morgan fingerprint density at radius 3 is 2.94 bits per heavy atom. The number of amides is 1. The smallest absolute Gasteiger partial charge is 0.254 e. The molecule has 0 aliphatic carbocycles. The average Bonchev–Trinajstić information content (AvgIpc) is 2.74. The van der Waals surface area contributed by atoms with Crippen molar-refractivity contribution in [2.24, 2.45) is 0 Å². The molecule has 3 nitrogen and oxygen atoms in total. The highest BCUT2D eigenvalue weighted by atomic mass is 35.5. The molecule has 0 saturated carbocycles. The Kier molecular flexibility index (Phi) is 3.69. The van der Waals surface area contributed by atoms with Crippen LogP contribution in [0.5, 0.6) is 0 Å². The van der Waals surface area contributed by atoms with E-state index in [1.54, 1.807) is 11.0 Å². The summed E-state index contributed by atoms with van der Waals surface area (Å²) >= 11 is 5.95. The van der Waals surface area contributed by atoms with Crippen LogP contribution in [0.3, 0.4) is 0 Å². The number of aliphatic hydroxyl groups is 1. The Labute approximate surface area is 106 Å². The van der Waals surface area contributed by atoms with E-state index in [2.05, 4.69) is 0 Å². The van der Waals surface area contributed by atoms with Crippen molar-refractivity contribution in [1.82, 2.24) is 4.90 Å². The first-order valence-electron chi connectivity index (χ1n) is 5.81. The molecule has 1 aliphatic heterocycles. The van der Waals surface area contributed by atoms with Gasteiger partial charge in [-0.2, -0.15) is 0 Å². The predicted octanol–water partition coefficient (Wildman–Crippen LogP) is 2.25. The summed E-state index contributed by atoms with van der Waals surface area (Å²) in [6.45, 7) is 2.66. The molecule has 92 valence electrons. The van der Waals surface area contributed by atoms with Gasteiger partial charge < -0.3 is 10.0 Å². The van der Waals surface area contributed by atoms with E-state index in [0.717, 1.165) is 24.9 Å². The molecule has 1 heterocycles. The van der Waals surface area contributed by atoms with Gasteiger partial charge in [0.25, 0.3) is 5.91 Å². The van der Waals surface area contributed by atoms with Crippen molar-refractivity contribution < 1.29 is 9.90 Å². The van der Waals surface area contributed by atoms with Crippen molar-refractivity contribution >= 4 is 17.5 Å². The molecular formula is C13H16ClNO2. The topological polar surface area (TPSA) is 40.5 Å². The van der Waals surface area contributed by atoms with Gasteiger partial charge in [-0.25, -0.2) is 0 Å². The standard InChI is InChI=1S/C13H16ClNO2/c1-9-5-10(7-11(14)6-9)13(17)15-4-2-3-12(15)8-16/h5-7,12,16H,2-4,8H2,1H3/t12-/m0/s1. The van der Waals surface area contributed by atoms with Gasteiger partial charge in [-0.05, 0) is 43.5 Å². The zero-order chi connectivity index (χ0) is 12.4. The minimum Gasteiger partial charge on any atom is -0.394 e. The van der Waals surface area contributed by atoms with Crippen LogP contribution in [0.4, 0.5) is 0 Å². The lowest BCUT2D eigenvalue weighted by atomic mass is 10.1. The Morgan fingerprint density at radius 1 is 1.53 bits per heavy atom. The molecule has 1 aliphatic rings. The van der Waals surface area contributed by atoms with Crippen LogP contribution in [-0.4, -0.2) is 35.1 Å². The molecule has 17 heavy (non-hydrogen) atoms. The Hall–Kier alpha value is -1.06. The quantitative estimate of drug-likeness (QED) is 0.878. The third-order valence-corrected chi connectivity index (χ3v) is 3.36. The van der Waals surface area contributed by atoms with Gasteiger partial charge in [0, 0.05) is 17.1 Å². The summed E-state index contributed by atoms with van der Waals surface area (Å²) in [5.41, 5.74) is 1.58. The second-order valence-corrected chi connectivity index (χ2v) is 4.93. The lowest BCUT2D eigenvalue weighted by Crippen LogP contribution is -2.37. The van der Waals surface area contributed by atoms with Crippen LogP contribution in [0, 0.1) is 6.92 Å². The number of carbonyl (C=O) groups excluding carboxylic acids is 1. The van der Waals surface area contributed by atoms with Gasteiger partial charge in [-0.3, -0.25) is 4.79 Å². The van der Waals surface area contributed by atoms with E-state index in [4.69, 9.17) is 11.6 Å². The summed E-state index contributed by atoms with van der Waals surface area (Å²) in [5, 5.41) is 9.80. The van der Waals surface area contributed by atoms with Crippen molar-refractivity contribution in [2.45, 2.75) is 25.8 Å². The maximum absolute atomic E-state index is 12.3. The number of benzene rings is 1. The number of aryl methyl sites for hydroxylation is 1. The molecule has 0 bridgehead atoms. The van der Waals surface area contributed by atoms with Crippen LogP contribution in [0.15, 0.2) is 18.2 Å². The third kappa shape index (κ3) is 2.61. The van der Waals surface area contributed by atoms with Crippen molar-refractivity contribution in [3.8, 4) is 0 Å². The fraction of sp³-hybridized carbons (Fsp3) is 0.462. The van der Waals surface area contributed by atoms with Gasteiger partial charge in [0.1, 0.15) is 0 Å². The molecule has 1 saturated heterocycles. The summed E-state index contributed by atoms with van der Waals surface area (Å²) in [7, 11) is 0. The van der Waals surface area contributed by atoms with Crippen LogP contribution in [0.1, 0.15) is 28.8 Å². The first kappa shape index (κ1) is 12.4. The molecule has 1 aromatic carbocycles. The van der Waals surface area contributed by atoms with E-state index in [9.17, 15) is 9.90 Å². The van der Waals surface area contributed by atoms with Gasteiger partial charge >= 0.3 is 0 Å². The van der Waals surface area contributed by atoms with Crippen LogP contribution in [0.25, 0.3) is 0 Å². The van der Waals surface area contributed by atoms with E-state index in [0.29, 0.717) is 10.6 Å². The van der Waals surface area contributed by atoms with E-state index < -0.39 is 0 Å². The number of likely N-dealkylation sites (tertiary alicyclic amines) is 1. The number of carbonyl (C=O) groups is 1. The summed E-state index contributed by atoms with van der Waals surface area (Å²) in [5.74, 6) is -0.0350. The Morgan fingerprint density at radius 2 is 2.29 bits per heavy atom. The van der Waals surface area contributed by atoms with Crippen LogP contribution < -0.4 is 0 Å². The van der Waals surface area contributed by atoms with E-state index in [1.165, 1.54) is 0 Å². The van der Waals surface area contributed by atoms with E-state index in [1.807, 2.05) is 19.1 Å². The number of nitrogens with zero attached hydrogens (tertiary/aromatic N) is 1. The maximum atomic E-state index is 12.3. The number of hydrogen-bond acceptors (Lipinski definition) is 2. The third-order valence-electron chi connectivity index (χ3n) is 3.14. The highest BCUT2D eigenvalue weighted by Gasteiger charge is 2.28. The minimum atomic E-state index is -0.0400. The second kappa shape index (κ2) is 5.07. The molecule has 1 aromatic rings. The second-order valence-electron chi connectivity index (χ2n) is 4.49.